The Labute approximate surface area is 152 Å². The molecule has 2 aromatic rings. The molecule has 26 heavy (non-hydrogen) atoms. The molecule has 1 amide bonds. The van der Waals surface area contributed by atoms with Gasteiger partial charge in [0.1, 0.15) is 5.82 Å². The fourth-order valence-electron chi connectivity index (χ4n) is 4.45. The van der Waals surface area contributed by atoms with E-state index in [4.69, 9.17) is 0 Å². The van der Waals surface area contributed by atoms with Crippen LogP contribution in [0.2, 0.25) is 0 Å². The number of nitrogens with zero attached hydrogens (tertiary/aromatic N) is 2. The molecule has 0 unspecified atom stereocenters. The van der Waals surface area contributed by atoms with Crippen LogP contribution in [0.15, 0.2) is 48.5 Å². The Balaban J connectivity index is 1.68. The van der Waals surface area contributed by atoms with Crippen molar-refractivity contribution < 1.29 is 14.3 Å². The Morgan fingerprint density at radius 2 is 1.92 bits per heavy atom. The van der Waals surface area contributed by atoms with Crippen molar-refractivity contribution in [3.05, 3.63) is 65.5 Å². The van der Waals surface area contributed by atoms with E-state index in [1.807, 2.05) is 42.2 Å². The maximum atomic E-state index is 14.1. The zero-order valence-corrected chi connectivity index (χ0v) is 14.8. The van der Waals surface area contributed by atoms with Crippen LogP contribution in [0.3, 0.4) is 0 Å². The predicted octanol–water partition coefficient (Wildman–Crippen LogP) is 2.91. The summed E-state index contributed by atoms with van der Waals surface area (Å²) in [6.07, 6.45) is 0.447. The normalized spacial score (nSPS) is 24.6. The summed E-state index contributed by atoms with van der Waals surface area (Å²) in [6.45, 7) is 2.91. The summed E-state index contributed by atoms with van der Waals surface area (Å²) >= 11 is 0. The van der Waals surface area contributed by atoms with Gasteiger partial charge in [-0.25, -0.2) is 4.39 Å². The number of benzene rings is 2. The SMILES string of the molecule is CCC(=O)N1C[C@H]2[C@@H](c3ccccc31)[C@@H](CO)N2Cc1ccccc1F. The molecular weight excluding hydrogens is 331 g/mol. The van der Waals surface area contributed by atoms with Crippen LogP contribution in [-0.2, 0) is 11.3 Å². The number of hydrogen-bond acceptors (Lipinski definition) is 3. The first-order valence-corrected chi connectivity index (χ1v) is 9.15. The number of amides is 1. The van der Waals surface area contributed by atoms with E-state index in [1.165, 1.54) is 6.07 Å². The highest BCUT2D eigenvalue weighted by atomic mass is 19.1. The van der Waals surface area contributed by atoms with Crippen molar-refractivity contribution in [1.82, 2.24) is 4.90 Å². The van der Waals surface area contributed by atoms with E-state index in [0.29, 0.717) is 25.1 Å². The van der Waals surface area contributed by atoms with Crippen molar-refractivity contribution >= 4 is 11.6 Å². The first kappa shape index (κ1) is 17.2. The van der Waals surface area contributed by atoms with Crippen molar-refractivity contribution in [2.24, 2.45) is 0 Å². The lowest BCUT2D eigenvalue weighted by molar-refractivity contribution is -0.119. The third kappa shape index (κ3) is 2.63. The summed E-state index contributed by atoms with van der Waals surface area (Å²) in [6, 6.07) is 14.7. The molecule has 4 rings (SSSR count). The molecule has 1 fully saturated rings. The number of fused-ring (bicyclic) bond motifs is 3. The standard InChI is InChI=1S/C21H23FN2O2/c1-2-20(26)24-12-18-21(15-8-4-6-10-17(15)24)19(13-25)23(18)11-14-7-3-5-9-16(14)22/h3-10,18-19,21,25H,2,11-13H2,1H3/t18-,19+,21+/m0/s1. The minimum Gasteiger partial charge on any atom is -0.395 e. The number of anilines is 1. The van der Waals surface area contributed by atoms with Gasteiger partial charge in [0.05, 0.1) is 6.61 Å². The molecule has 0 spiro atoms. The van der Waals surface area contributed by atoms with Gasteiger partial charge in [-0.05, 0) is 17.7 Å². The molecule has 2 aliphatic rings. The monoisotopic (exact) mass is 354 g/mol. The van der Waals surface area contributed by atoms with E-state index in [0.717, 1.165) is 11.3 Å². The molecule has 1 N–H and O–H groups in total. The second kappa shape index (κ2) is 6.82. The molecule has 0 bridgehead atoms. The zero-order chi connectivity index (χ0) is 18.3. The number of hydrogen-bond donors (Lipinski definition) is 1. The molecule has 0 aromatic heterocycles. The van der Waals surface area contributed by atoms with Gasteiger partial charge in [0.2, 0.25) is 5.91 Å². The lowest BCUT2D eigenvalue weighted by atomic mass is 9.71. The van der Waals surface area contributed by atoms with Crippen molar-refractivity contribution in [1.29, 1.82) is 0 Å². The van der Waals surface area contributed by atoms with Gasteiger partial charge in [-0.2, -0.15) is 0 Å². The average Bonchev–Trinajstić information content (AvgIpc) is 2.66. The van der Waals surface area contributed by atoms with Gasteiger partial charge in [-0.15, -0.1) is 0 Å². The minimum atomic E-state index is -0.231. The first-order valence-electron chi connectivity index (χ1n) is 9.15. The maximum absolute atomic E-state index is 14.1. The third-order valence-electron chi connectivity index (χ3n) is 5.74. The second-order valence-corrected chi connectivity index (χ2v) is 7.02. The second-order valence-electron chi connectivity index (χ2n) is 7.02. The number of rotatable bonds is 4. The summed E-state index contributed by atoms with van der Waals surface area (Å²) in [5.74, 6) is 0.0309. The van der Waals surface area contributed by atoms with Gasteiger partial charge in [0.15, 0.2) is 0 Å². The number of carbonyl (C=O) groups is 1. The van der Waals surface area contributed by atoms with Crippen LogP contribution in [0.1, 0.15) is 30.4 Å². The molecule has 3 atom stereocenters. The first-order chi connectivity index (χ1) is 12.7. The van der Waals surface area contributed by atoms with E-state index < -0.39 is 0 Å². The number of halogens is 1. The zero-order valence-electron chi connectivity index (χ0n) is 14.8. The highest BCUT2D eigenvalue weighted by molar-refractivity contribution is 5.95. The van der Waals surface area contributed by atoms with Gasteiger partial charge >= 0.3 is 0 Å². The molecule has 2 aliphatic heterocycles. The van der Waals surface area contributed by atoms with Crippen LogP contribution >= 0.6 is 0 Å². The maximum Gasteiger partial charge on any atom is 0.226 e. The number of aliphatic hydroxyl groups excluding tert-OH is 1. The fourth-order valence-corrected chi connectivity index (χ4v) is 4.45. The quantitative estimate of drug-likeness (QED) is 0.918. The fraction of sp³-hybridized carbons (Fsp3) is 0.381. The minimum absolute atomic E-state index is 0.0195. The Kier molecular flexibility index (Phi) is 4.51. The van der Waals surface area contributed by atoms with E-state index in [-0.39, 0.29) is 36.3 Å². The lowest BCUT2D eigenvalue weighted by Gasteiger charge is -2.59. The van der Waals surface area contributed by atoms with Gasteiger partial charge in [0, 0.05) is 48.8 Å². The third-order valence-corrected chi connectivity index (χ3v) is 5.74. The van der Waals surface area contributed by atoms with Gasteiger partial charge < -0.3 is 10.0 Å². The van der Waals surface area contributed by atoms with Crippen LogP contribution in [-0.4, -0.2) is 41.1 Å². The molecular formula is C21H23FN2O2. The van der Waals surface area contributed by atoms with Crippen LogP contribution in [0.25, 0.3) is 0 Å². The lowest BCUT2D eigenvalue weighted by Crippen LogP contribution is -2.68. The van der Waals surface area contributed by atoms with Gasteiger partial charge in [-0.1, -0.05) is 43.3 Å². The molecule has 4 nitrogen and oxygen atoms in total. The van der Waals surface area contributed by atoms with Crippen LogP contribution in [0.4, 0.5) is 10.1 Å². The topological polar surface area (TPSA) is 43.8 Å². The summed E-state index contributed by atoms with van der Waals surface area (Å²) in [5.41, 5.74) is 2.68. The van der Waals surface area contributed by atoms with Crippen LogP contribution < -0.4 is 4.90 Å². The van der Waals surface area contributed by atoms with Crippen molar-refractivity contribution in [3.63, 3.8) is 0 Å². The summed E-state index contributed by atoms with van der Waals surface area (Å²) in [7, 11) is 0. The molecule has 0 saturated carbocycles. The van der Waals surface area contributed by atoms with E-state index in [1.54, 1.807) is 12.1 Å². The Morgan fingerprint density at radius 1 is 1.19 bits per heavy atom. The number of likely N-dealkylation sites (tertiary alicyclic amines) is 1. The molecule has 2 heterocycles. The van der Waals surface area contributed by atoms with E-state index in [2.05, 4.69) is 4.90 Å². The molecule has 136 valence electrons. The number of carbonyl (C=O) groups excluding carboxylic acids is 1. The molecule has 0 radical (unpaired) electrons. The Morgan fingerprint density at radius 3 is 2.65 bits per heavy atom. The van der Waals surface area contributed by atoms with E-state index in [9.17, 15) is 14.3 Å². The highest BCUT2D eigenvalue weighted by Crippen LogP contribution is 2.48. The molecule has 2 aromatic carbocycles. The Hall–Kier alpha value is -2.24. The summed E-state index contributed by atoms with van der Waals surface area (Å²) in [5, 5.41) is 9.97. The largest absolute Gasteiger partial charge is 0.395 e. The predicted molar refractivity (Wildman–Crippen MR) is 98.4 cm³/mol. The van der Waals surface area contributed by atoms with Gasteiger partial charge in [-0.3, -0.25) is 9.69 Å². The molecule has 5 heteroatoms. The smallest absolute Gasteiger partial charge is 0.226 e. The number of para-hydroxylation sites is 1. The average molecular weight is 354 g/mol. The molecule has 1 saturated heterocycles. The highest BCUT2D eigenvalue weighted by Gasteiger charge is 2.52. The van der Waals surface area contributed by atoms with Crippen molar-refractivity contribution in [3.8, 4) is 0 Å². The summed E-state index contributed by atoms with van der Waals surface area (Å²) in [4.78, 5) is 16.5. The Bertz CT molecular complexity index is 825. The van der Waals surface area contributed by atoms with Gasteiger partial charge in [0.25, 0.3) is 0 Å². The van der Waals surface area contributed by atoms with E-state index >= 15 is 0 Å². The summed E-state index contributed by atoms with van der Waals surface area (Å²) < 4.78 is 14.1. The van der Waals surface area contributed by atoms with Crippen LogP contribution in [0.5, 0.6) is 0 Å². The van der Waals surface area contributed by atoms with Crippen molar-refractivity contribution in [2.45, 2.75) is 37.9 Å². The van der Waals surface area contributed by atoms with Crippen LogP contribution in [0, 0.1) is 5.82 Å². The molecule has 0 aliphatic carbocycles. The number of aliphatic hydroxyl groups is 1. The van der Waals surface area contributed by atoms with Crippen molar-refractivity contribution in [2.75, 3.05) is 18.1 Å².